The van der Waals surface area contributed by atoms with Gasteiger partial charge in [0.05, 0.1) is 0 Å². The third-order valence-corrected chi connectivity index (χ3v) is 4.01. The summed E-state index contributed by atoms with van der Waals surface area (Å²) in [5, 5.41) is 14.1. The van der Waals surface area contributed by atoms with Crippen molar-refractivity contribution in [3.8, 4) is 11.4 Å². The van der Waals surface area contributed by atoms with Gasteiger partial charge in [-0.25, -0.2) is 0 Å². The summed E-state index contributed by atoms with van der Waals surface area (Å²) in [5.74, 6) is 0.787. The van der Waals surface area contributed by atoms with Gasteiger partial charge in [-0.3, -0.25) is 0 Å². The Morgan fingerprint density at radius 3 is 2.65 bits per heavy atom. The molecule has 20 heavy (non-hydrogen) atoms. The lowest BCUT2D eigenvalue weighted by molar-refractivity contribution is 0.475. The minimum atomic E-state index is -0.172. The molecule has 1 aromatic carbocycles. The van der Waals surface area contributed by atoms with Crippen LogP contribution in [0.3, 0.4) is 0 Å². The zero-order valence-electron chi connectivity index (χ0n) is 11.6. The molecule has 2 N–H and O–H groups in total. The molecular formula is C14H17N5S. The van der Waals surface area contributed by atoms with Gasteiger partial charge < -0.3 is 5.73 Å². The van der Waals surface area contributed by atoms with Crippen molar-refractivity contribution in [2.75, 3.05) is 0 Å². The third-order valence-electron chi connectivity index (χ3n) is 3.05. The molecule has 0 aliphatic carbocycles. The van der Waals surface area contributed by atoms with Crippen LogP contribution in [0.5, 0.6) is 0 Å². The summed E-state index contributed by atoms with van der Waals surface area (Å²) in [6, 6.07) is 9.98. The first kappa shape index (κ1) is 13.2. The van der Waals surface area contributed by atoms with Crippen molar-refractivity contribution in [2.24, 2.45) is 5.73 Å². The maximum Gasteiger partial charge on any atom is 0.234 e. The molecule has 0 atom stereocenters. The molecule has 5 nitrogen and oxygen atoms in total. The normalized spacial score (nSPS) is 12.2. The van der Waals surface area contributed by atoms with Gasteiger partial charge >= 0.3 is 0 Å². The molecule has 3 aromatic rings. The molecular weight excluding hydrogens is 270 g/mol. The third kappa shape index (κ3) is 2.71. The predicted molar refractivity (Wildman–Crippen MR) is 80.7 cm³/mol. The van der Waals surface area contributed by atoms with Crippen LogP contribution in [0, 0.1) is 0 Å². The highest BCUT2D eigenvalue weighted by Crippen LogP contribution is 2.22. The lowest BCUT2D eigenvalue weighted by atomic mass is 10.0. The van der Waals surface area contributed by atoms with E-state index < -0.39 is 0 Å². The van der Waals surface area contributed by atoms with Crippen molar-refractivity contribution in [3.05, 3.63) is 35.3 Å². The molecule has 3 rings (SSSR count). The highest BCUT2D eigenvalue weighted by molar-refractivity contribution is 7.16. The highest BCUT2D eigenvalue weighted by Gasteiger charge is 2.16. The van der Waals surface area contributed by atoms with Gasteiger partial charge in [0.25, 0.3) is 0 Å². The molecule has 0 aliphatic heterocycles. The molecule has 0 radical (unpaired) electrons. The summed E-state index contributed by atoms with van der Waals surface area (Å²) in [6.45, 7) is 4.06. The molecule has 0 unspecified atom stereocenters. The van der Waals surface area contributed by atoms with Gasteiger partial charge in [0.1, 0.15) is 5.01 Å². The van der Waals surface area contributed by atoms with Crippen LogP contribution in [0.15, 0.2) is 30.3 Å². The SMILES string of the molecule is CC(C)(N)CCc1nn2c(-c3ccccc3)nnc2s1. The van der Waals surface area contributed by atoms with Crippen molar-refractivity contribution in [1.82, 2.24) is 19.8 Å². The van der Waals surface area contributed by atoms with Gasteiger partial charge in [-0.05, 0) is 20.3 Å². The minimum Gasteiger partial charge on any atom is -0.326 e. The second-order valence-corrected chi connectivity index (χ2v) is 6.61. The van der Waals surface area contributed by atoms with Crippen LogP contribution in [-0.4, -0.2) is 25.4 Å². The number of aromatic nitrogens is 4. The number of nitrogens with zero attached hydrogens (tertiary/aromatic N) is 4. The van der Waals surface area contributed by atoms with Crippen LogP contribution in [0.4, 0.5) is 0 Å². The summed E-state index contributed by atoms with van der Waals surface area (Å²) >= 11 is 1.58. The van der Waals surface area contributed by atoms with Gasteiger partial charge in [0.2, 0.25) is 4.96 Å². The monoisotopic (exact) mass is 287 g/mol. The fourth-order valence-electron chi connectivity index (χ4n) is 1.95. The Balaban J connectivity index is 1.91. The van der Waals surface area contributed by atoms with E-state index in [1.807, 2.05) is 48.7 Å². The highest BCUT2D eigenvalue weighted by atomic mass is 32.1. The molecule has 104 valence electrons. The molecule has 6 heteroatoms. The van der Waals surface area contributed by atoms with Crippen molar-refractivity contribution in [2.45, 2.75) is 32.2 Å². The Hall–Kier alpha value is -1.79. The molecule has 0 saturated heterocycles. The van der Waals surface area contributed by atoms with E-state index in [9.17, 15) is 0 Å². The van der Waals surface area contributed by atoms with Gasteiger partial charge in [-0.1, -0.05) is 41.7 Å². The first-order valence-electron chi connectivity index (χ1n) is 6.58. The lowest BCUT2D eigenvalue weighted by Gasteiger charge is -2.16. The first-order valence-corrected chi connectivity index (χ1v) is 7.40. The van der Waals surface area contributed by atoms with E-state index in [-0.39, 0.29) is 5.54 Å². The Labute approximate surface area is 121 Å². The molecule has 0 saturated carbocycles. The van der Waals surface area contributed by atoms with Crippen molar-refractivity contribution in [3.63, 3.8) is 0 Å². The van der Waals surface area contributed by atoms with E-state index >= 15 is 0 Å². The van der Waals surface area contributed by atoms with Crippen LogP contribution in [0.25, 0.3) is 16.3 Å². The first-order chi connectivity index (χ1) is 9.53. The molecule has 0 fully saturated rings. The average molecular weight is 287 g/mol. The van der Waals surface area contributed by atoms with Crippen LogP contribution in [-0.2, 0) is 6.42 Å². The van der Waals surface area contributed by atoms with E-state index in [1.165, 1.54) is 0 Å². The molecule has 0 amide bonds. The van der Waals surface area contributed by atoms with Gasteiger partial charge in [-0.15, -0.1) is 10.2 Å². The zero-order valence-corrected chi connectivity index (χ0v) is 12.4. The zero-order chi connectivity index (χ0) is 14.2. The summed E-state index contributed by atoms with van der Waals surface area (Å²) in [4.78, 5) is 0.827. The number of rotatable bonds is 4. The number of benzene rings is 1. The summed E-state index contributed by atoms with van der Waals surface area (Å²) in [5.41, 5.74) is 6.87. The quantitative estimate of drug-likeness (QED) is 0.800. The van der Waals surface area contributed by atoms with Crippen molar-refractivity contribution >= 4 is 16.3 Å². The van der Waals surface area contributed by atoms with Crippen LogP contribution >= 0.6 is 11.3 Å². The van der Waals surface area contributed by atoms with Crippen LogP contribution in [0.2, 0.25) is 0 Å². The van der Waals surface area contributed by atoms with E-state index in [0.717, 1.165) is 34.2 Å². The summed E-state index contributed by atoms with van der Waals surface area (Å²) in [7, 11) is 0. The molecule has 0 spiro atoms. The largest absolute Gasteiger partial charge is 0.326 e. The van der Waals surface area contributed by atoms with Crippen LogP contribution in [0.1, 0.15) is 25.3 Å². The number of fused-ring (bicyclic) bond motifs is 1. The fourth-order valence-corrected chi connectivity index (χ4v) is 2.79. The topological polar surface area (TPSA) is 69.1 Å². The summed E-state index contributed by atoms with van der Waals surface area (Å²) < 4.78 is 1.82. The Morgan fingerprint density at radius 1 is 1.20 bits per heavy atom. The van der Waals surface area contributed by atoms with E-state index in [0.29, 0.717) is 0 Å². The lowest BCUT2D eigenvalue weighted by Crippen LogP contribution is -2.32. The number of aryl methyl sites for hydroxylation is 1. The van der Waals surface area contributed by atoms with E-state index in [1.54, 1.807) is 11.3 Å². The van der Waals surface area contributed by atoms with E-state index in [4.69, 9.17) is 5.73 Å². The van der Waals surface area contributed by atoms with E-state index in [2.05, 4.69) is 15.3 Å². The number of hydrogen-bond donors (Lipinski definition) is 1. The standard InChI is InChI=1S/C14H17N5S/c1-14(2,15)9-8-11-18-19-12(16-17-13(19)20-11)10-6-4-3-5-7-10/h3-7H,8-9,15H2,1-2H3. The molecule has 0 bridgehead atoms. The molecule has 0 aliphatic rings. The fraction of sp³-hybridized carbons (Fsp3) is 0.357. The smallest absolute Gasteiger partial charge is 0.234 e. The Bertz CT molecular complexity index is 708. The van der Waals surface area contributed by atoms with Gasteiger partial charge in [0, 0.05) is 17.5 Å². The second kappa shape index (κ2) is 4.96. The minimum absolute atomic E-state index is 0.172. The van der Waals surface area contributed by atoms with Crippen LogP contribution < -0.4 is 5.73 Å². The maximum atomic E-state index is 6.02. The summed E-state index contributed by atoms with van der Waals surface area (Å²) in [6.07, 6.45) is 1.77. The Morgan fingerprint density at radius 2 is 1.95 bits per heavy atom. The average Bonchev–Trinajstić information content (AvgIpc) is 2.96. The molecule has 2 aromatic heterocycles. The van der Waals surface area contributed by atoms with Crippen molar-refractivity contribution in [1.29, 1.82) is 0 Å². The number of hydrogen-bond acceptors (Lipinski definition) is 5. The van der Waals surface area contributed by atoms with Gasteiger partial charge in [0.15, 0.2) is 5.82 Å². The Kier molecular flexibility index (Phi) is 3.27. The second-order valence-electron chi connectivity index (χ2n) is 5.57. The van der Waals surface area contributed by atoms with Gasteiger partial charge in [-0.2, -0.15) is 9.61 Å². The van der Waals surface area contributed by atoms with Crippen molar-refractivity contribution < 1.29 is 0 Å². The predicted octanol–water partition coefficient (Wildman–Crippen LogP) is 2.52. The number of nitrogens with two attached hydrogens (primary N) is 1. The molecule has 2 heterocycles. The maximum absolute atomic E-state index is 6.02.